The summed E-state index contributed by atoms with van der Waals surface area (Å²) in [4.78, 5) is 4.37. The molecule has 3 rings (SSSR count). The van der Waals surface area contributed by atoms with E-state index in [0.717, 1.165) is 6.07 Å². The van der Waals surface area contributed by atoms with E-state index in [-0.39, 0.29) is 17.4 Å². The van der Waals surface area contributed by atoms with Crippen molar-refractivity contribution in [3.63, 3.8) is 0 Å². The number of nitrogens with zero attached hydrogens (tertiary/aromatic N) is 3. The Hall–Kier alpha value is -2.34. The topological polar surface area (TPSA) is 30.7 Å². The third kappa shape index (κ3) is 3.39. The van der Waals surface area contributed by atoms with Crippen LogP contribution in [0.4, 0.5) is 13.2 Å². The van der Waals surface area contributed by atoms with E-state index in [1.807, 2.05) is 13.8 Å². The molecule has 0 fully saturated rings. The molecule has 7 heteroatoms. The van der Waals surface area contributed by atoms with Crippen LogP contribution < -0.4 is 0 Å². The molecule has 1 aromatic heterocycles. The number of hydrogen-bond acceptors (Lipinski definition) is 2. The van der Waals surface area contributed by atoms with Crippen LogP contribution in [0.5, 0.6) is 0 Å². The van der Waals surface area contributed by atoms with Gasteiger partial charge in [-0.2, -0.15) is 18.3 Å². The molecule has 0 atom stereocenters. The highest BCUT2D eigenvalue weighted by atomic mass is 35.5. The minimum absolute atomic E-state index is 0.0246. The molecule has 0 aliphatic heterocycles. The Balaban J connectivity index is 2.22. The Kier molecular flexibility index (Phi) is 4.56. The predicted molar refractivity (Wildman–Crippen MR) is 91.3 cm³/mol. The molecule has 25 heavy (non-hydrogen) atoms. The van der Waals surface area contributed by atoms with Crippen LogP contribution in [0, 0.1) is 0 Å². The van der Waals surface area contributed by atoms with Gasteiger partial charge in [0.1, 0.15) is 0 Å². The molecule has 1 heterocycles. The zero-order chi connectivity index (χ0) is 18.2. The van der Waals surface area contributed by atoms with Crippen molar-refractivity contribution in [3.8, 4) is 22.8 Å². The lowest BCUT2D eigenvalue weighted by Gasteiger charge is -2.10. The fourth-order valence-electron chi connectivity index (χ4n) is 2.55. The summed E-state index contributed by atoms with van der Waals surface area (Å²) in [6.07, 6.45) is -4.48. The molecular weight excluding hydrogens is 351 g/mol. The van der Waals surface area contributed by atoms with Crippen LogP contribution in [0.1, 0.15) is 25.5 Å². The monoisotopic (exact) mass is 365 g/mol. The van der Waals surface area contributed by atoms with Gasteiger partial charge in [-0.1, -0.05) is 41.9 Å². The summed E-state index contributed by atoms with van der Waals surface area (Å²) in [5, 5.41) is 4.78. The number of halogens is 4. The summed E-state index contributed by atoms with van der Waals surface area (Å²) < 4.78 is 41.5. The highest BCUT2D eigenvalue weighted by Crippen LogP contribution is 2.37. The molecule has 130 valence electrons. The fraction of sp³-hybridized carbons (Fsp3) is 0.222. The van der Waals surface area contributed by atoms with Crippen molar-refractivity contribution >= 4 is 11.6 Å². The van der Waals surface area contributed by atoms with Gasteiger partial charge in [-0.15, -0.1) is 0 Å². The molecule has 0 aliphatic rings. The average Bonchev–Trinajstić information content (AvgIpc) is 3.00. The van der Waals surface area contributed by atoms with Crippen LogP contribution in [-0.2, 0) is 6.18 Å². The first-order chi connectivity index (χ1) is 11.8. The Morgan fingerprint density at radius 2 is 1.56 bits per heavy atom. The van der Waals surface area contributed by atoms with Gasteiger partial charge in [0.2, 0.25) is 0 Å². The second-order valence-electron chi connectivity index (χ2n) is 5.82. The smallest absolute Gasteiger partial charge is 0.243 e. The molecule has 0 saturated carbocycles. The molecule has 2 aromatic carbocycles. The van der Waals surface area contributed by atoms with Crippen LogP contribution in [0.25, 0.3) is 22.8 Å². The Bertz CT molecular complexity index is 901. The maximum atomic E-state index is 13.3. The van der Waals surface area contributed by atoms with Crippen LogP contribution >= 0.6 is 11.6 Å². The number of hydrogen-bond donors (Lipinski definition) is 0. The molecule has 0 bridgehead atoms. The standard InChI is InChI=1S/C18H15ClF3N3/c1-11(2)25-17(13-8-4-6-10-15(13)19)23-16(24-25)12-7-3-5-9-14(12)18(20,21)22/h3-11H,1-2H3. The molecule has 3 aromatic rings. The predicted octanol–water partition coefficient (Wildman–Crippen LogP) is 5.87. The van der Waals surface area contributed by atoms with E-state index in [9.17, 15) is 13.2 Å². The van der Waals surface area contributed by atoms with Crippen molar-refractivity contribution in [1.29, 1.82) is 0 Å². The molecular formula is C18H15ClF3N3. The van der Waals surface area contributed by atoms with E-state index in [1.165, 1.54) is 18.2 Å². The van der Waals surface area contributed by atoms with E-state index in [1.54, 1.807) is 28.9 Å². The molecule has 0 spiro atoms. The van der Waals surface area contributed by atoms with Gasteiger partial charge in [0.25, 0.3) is 0 Å². The van der Waals surface area contributed by atoms with Crippen molar-refractivity contribution in [2.75, 3.05) is 0 Å². The number of alkyl halides is 3. The van der Waals surface area contributed by atoms with E-state index in [4.69, 9.17) is 11.6 Å². The van der Waals surface area contributed by atoms with Crippen molar-refractivity contribution in [3.05, 3.63) is 59.1 Å². The lowest BCUT2D eigenvalue weighted by molar-refractivity contribution is -0.137. The number of rotatable bonds is 3. The third-order valence-corrected chi connectivity index (χ3v) is 4.04. The van der Waals surface area contributed by atoms with Gasteiger partial charge in [-0.3, -0.25) is 0 Å². The van der Waals surface area contributed by atoms with Crippen LogP contribution in [0.3, 0.4) is 0 Å². The molecule has 0 saturated heterocycles. The summed E-state index contributed by atoms with van der Waals surface area (Å²) in [6, 6.07) is 12.2. The van der Waals surface area contributed by atoms with Crippen LogP contribution in [-0.4, -0.2) is 14.8 Å². The minimum Gasteiger partial charge on any atom is -0.243 e. The Labute approximate surface area is 148 Å². The maximum Gasteiger partial charge on any atom is 0.417 e. The lowest BCUT2D eigenvalue weighted by atomic mass is 10.1. The van der Waals surface area contributed by atoms with E-state index < -0.39 is 11.7 Å². The van der Waals surface area contributed by atoms with E-state index >= 15 is 0 Å². The SMILES string of the molecule is CC(C)n1nc(-c2ccccc2C(F)(F)F)nc1-c1ccccc1Cl. The number of benzene rings is 2. The molecule has 0 unspecified atom stereocenters. The maximum absolute atomic E-state index is 13.3. The molecule has 0 radical (unpaired) electrons. The molecule has 0 aliphatic carbocycles. The van der Waals surface area contributed by atoms with Gasteiger partial charge in [0, 0.05) is 17.2 Å². The minimum atomic E-state index is -4.48. The fourth-order valence-corrected chi connectivity index (χ4v) is 2.77. The van der Waals surface area contributed by atoms with Gasteiger partial charge in [-0.25, -0.2) is 9.67 Å². The summed E-state index contributed by atoms with van der Waals surface area (Å²) in [6.45, 7) is 3.77. The third-order valence-electron chi connectivity index (χ3n) is 3.71. The zero-order valence-electron chi connectivity index (χ0n) is 13.5. The summed E-state index contributed by atoms with van der Waals surface area (Å²) >= 11 is 6.23. The van der Waals surface area contributed by atoms with E-state index in [0.29, 0.717) is 16.4 Å². The van der Waals surface area contributed by atoms with Crippen LogP contribution in [0.2, 0.25) is 5.02 Å². The van der Waals surface area contributed by atoms with Crippen LogP contribution in [0.15, 0.2) is 48.5 Å². The van der Waals surface area contributed by atoms with E-state index in [2.05, 4.69) is 10.1 Å². The van der Waals surface area contributed by atoms with Gasteiger partial charge >= 0.3 is 6.18 Å². The van der Waals surface area contributed by atoms with Crippen molar-refractivity contribution in [2.45, 2.75) is 26.1 Å². The van der Waals surface area contributed by atoms with Crippen molar-refractivity contribution in [2.24, 2.45) is 0 Å². The number of aromatic nitrogens is 3. The lowest BCUT2D eigenvalue weighted by Crippen LogP contribution is -2.08. The van der Waals surface area contributed by atoms with Crippen molar-refractivity contribution < 1.29 is 13.2 Å². The largest absolute Gasteiger partial charge is 0.417 e. The van der Waals surface area contributed by atoms with Gasteiger partial charge in [0.05, 0.1) is 10.6 Å². The highest BCUT2D eigenvalue weighted by Gasteiger charge is 2.34. The van der Waals surface area contributed by atoms with Gasteiger partial charge in [0.15, 0.2) is 11.6 Å². The Morgan fingerprint density at radius 3 is 2.16 bits per heavy atom. The first-order valence-corrected chi connectivity index (χ1v) is 8.05. The Morgan fingerprint density at radius 1 is 0.960 bits per heavy atom. The summed E-state index contributed by atoms with van der Waals surface area (Å²) in [5.41, 5.74) is -0.189. The zero-order valence-corrected chi connectivity index (χ0v) is 14.3. The second-order valence-corrected chi connectivity index (χ2v) is 6.23. The molecule has 3 nitrogen and oxygen atoms in total. The quantitative estimate of drug-likeness (QED) is 0.581. The van der Waals surface area contributed by atoms with Gasteiger partial charge < -0.3 is 0 Å². The first-order valence-electron chi connectivity index (χ1n) is 7.67. The highest BCUT2D eigenvalue weighted by molar-refractivity contribution is 6.33. The molecule has 0 N–H and O–H groups in total. The summed E-state index contributed by atoms with van der Waals surface area (Å²) in [7, 11) is 0. The average molecular weight is 366 g/mol. The summed E-state index contributed by atoms with van der Waals surface area (Å²) in [5.74, 6) is 0.462. The van der Waals surface area contributed by atoms with Crippen molar-refractivity contribution in [1.82, 2.24) is 14.8 Å². The first kappa shape index (κ1) is 17.5. The van der Waals surface area contributed by atoms with Gasteiger partial charge in [-0.05, 0) is 32.0 Å². The molecule has 0 amide bonds. The second kappa shape index (κ2) is 6.52. The normalized spacial score (nSPS) is 12.0.